The van der Waals surface area contributed by atoms with Gasteiger partial charge >= 0.3 is 5.97 Å². The van der Waals surface area contributed by atoms with Gasteiger partial charge in [-0.2, -0.15) is 0 Å². The molecular weight excluding hydrogens is 244 g/mol. The van der Waals surface area contributed by atoms with E-state index in [1.165, 1.54) is 7.11 Å². The lowest BCUT2D eigenvalue weighted by atomic mass is 10.1. The summed E-state index contributed by atoms with van der Waals surface area (Å²) in [6.45, 7) is 0. The van der Waals surface area contributed by atoms with Gasteiger partial charge in [-0.1, -0.05) is 11.6 Å². The highest BCUT2D eigenvalue weighted by Crippen LogP contribution is 2.31. The molecule has 1 heterocycles. The molecule has 1 aromatic heterocycles. The number of aliphatic carboxylic acids is 1. The Morgan fingerprint density at radius 3 is 2.75 bits per heavy atom. The van der Waals surface area contributed by atoms with Crippen LogP contribution >= 0.6 is 11.6 Å². The Labute approximate surface area is 94.8 Å². The number of pyridine rings is 1. The lowest BCUT2D eigenvalue weighted by Crippen LogP contribution is -2.05. The maximum atomic E-state index is 12.6. The van der Waals surface area contributed by atoms with Gasteiger partial charge in [-0.05, 0) is 6.07 Å². The molecule has 88 valence electrons. The fourth-order valence-electron chi connectivity index (χ4n) is 1.14. The van der Waals surface area contributed by atoms with Crippen LogP contribution in [-0.4, -0.2) is 23.2 Å². The zero-order chi connectivity index (χ0) is 12.3. The van der Waals surface area contributed by atoms with E-state index in [0.29, 0.717) is 0 Å². The third kappa shape index (κ3) is 2.79. The number of methoxy groups -OCH3 is 1. The van der Waals surface area contributed by atoms with Crippen LogP contribution in [0.15, 0.2) is 6.07 Å². The highest BCUT2D eigenvalue weighted by molar-refractivity contribution is 6.30. The van der Waals surface area contributed by atoms with Gasteiger partial charge in [0.2, 0.25) is 5.88 Å². The van der Waals surface area contributed by atoms with Crippen LogP contribution in [0.1, 0.15) is 17.6 Å². The number of carboxylic acids is 1. The number of carbonyl (C=O) groups is 1. The van der Waals surface area contributed by atoms with E-state index < -0.39 is 24.4 Å². The summed E-state index contributed by atoms with van der Waals surface area (Å²) < 4.78 is 29.7. The lowest BCUT2D eigenvalue weighted by molar-refractivity contribution is -0.136. The van der Waals surface area contributed by atoms with Crippen LogP contribution in [0, 0.1) is 0 Å². The van der Waals surface area contributed by atoms with Crippen molar-refractivity contribution in [3.05, 3.63) is 22.3 Å². The molecule has 0 bridgehead atoms. The van der Waals surface area contributed by atoms with Crippen LogP contribution in [0.2, 0.25) is 5.15 Å². The maximum Gasteiger partial charge on any atom is 0.307 e. The number of alkyl halides is 2. The molecular formula is C9H8ClF2NO3. The molecule has 0 atom stereocenters. The van der Waals surface area contributed by atoms with Crippen LogP contribution in [0.25, 0.3) is 0 Å². The van der Waals surface area contributed by atoms with Crippen LogP contribution < -0.4 is 4.74 Å². The van der Waals surface area contributed by atoms with Gasteiger partial charge in [0.25, 0.3) is 6.43 Å². The van der Waals surface area contributed by atoms with Crippen molar-refractivity contribution in [3.63, 3.8) is 0 Å². The lowest BCUT2D eigenvalue weighted by Gasteiger charge is -2.09. The summed E-state index contributed by atoms with van der Waals surface area (Å²) in [4.78, 5) is 14.0. The quantitative estimate of drug-likeness (QED) is 0.834. The topological polar surface area (TPSA) is 59.4 Å². The minimum atomic E-state index is -2.80. The number of carboxylic acid groups (broad SMARTS) is 1. The van der Waals surface area contributed by atoms with Gasteiger partial charge in [-0.15, -0.1) is 0 Å². The van der Waals surface area contributed by atoms with Gasteiger partial charge in [-0.3, -0.25) is 4.79 Å². The molecule has 4 nitrogen and oxygen atoms in total. The molecule has 7 heteroatoms. The number of hydrogen-bond acceptors (Lipinski definition) is 3. The molecule has 0 aromatic carbocycles. The van der Waals surface area contributed by atoms with Crippen molar-refractivity contribution in [2.75, 3.05) is 7.11 Å². The van der Waals surface area contributed by atoms with Gasteiger partial charge in [0.15, 0.2) is 0 Å². The Balaban J connectivity index is 3.21. The molecule has 0 aliphatic rings. The van der Waals surface area contributed by atoms with Crippen molar-refractivity contribution < 1.29 is 23.4 Å². The molecule has 0 saturated carbocycles. The van der Waals surface area contributed by atoms with E-state index in [2.05, 4.69) is 9.72 Å². The summed E-state index contributed by atoms with van der Waals surface area (Å²) in [7, 11) is 1.18. The van der Waals surface area contributed by atoms with Gasteiger partial charge in [0.1, 0.15) is 5.15 Å². The van der Waals surface area contributed by atoms with Crippen molar-refractivity contribution in [3.8, 4) is 5.88 Å². The van der Waals surface area contributed by atoms with E-state index in [4.69, 9.17) is 16.7 Å². The first-order chi connectivity index (χ1) is 7.45. The molecule has 1 aromatic rings. The highest BCUT2D eigenvalue weighted by Gasteiger charge is 2.19. The van der Waals surface area contributed by atoms with Gasteiger partial charge in [0, 0.05) is 5.56 Å². The van der Waals surface area contributed by atoms with Crippen molar-refractivity contribution in [1.29, 1.82) is 0 Å². The average Bonchev–Trinajstić information content (AvgIpc) is 2.19. The van der Waals surface area contributed by atoms with E-state index >= 15 is 0 Å². The zero-order valence-electron chi connectivity index (χ0n) is 8.21. The van der Waals surface area contributed by atoms with Crippen LogP contribution in [0.4, 0.5) is 8.78 Å². The molecule has 0 unspecified atom stereocenters. The SMILES string of the molecule is COc1nc(Cl)c(CC(=O)O)cc1C(F)F. The van der Waals surface area contributed by atoms with E-state index in [1.54, 1.807) is 0 Å². The number of ether oxygens (including phenoxy) is 1. The number of aromatic nitrogens is 1. The fraction of sp³-hybridized carbons (Fsp3) is 0.333. The summed E-state index contributed by atoms with van der Waals surface area (Å²) in [5.41, 5.74) is -0.437. The molecule has 0 radical (unpaired) electrons. The van der Waals surface area contributed by atoms with E-state index in [9.17, 15) is 13.6 Å². The molecule has 1 rings (SSSR count). The Hall–Kier alpha value is -1.43. The van der Waals surface area contributed by atoms with Crippen molar-refractivity contribution >= 4 is 17.6 Å². The second kappa shape index (κ2) is 5.07. The zero-order valence-corrected chi connectivity index (χ0v) is 8.96. The Bertz CT molecular complexity index is 412. The summed E-state index contributed by atoms with van der Waals surface area (Å²) in [6, 6.07) is 0.993. The summed E-state index contributed by atoms with van der Waals surface area (Å²) >= 11 is 5.63. The first kappa shape index (κ1) is 12.6. The predicted octanol–water partition coefficient (Wildman–Crippen LogP) is 2.31. The molecule has 0 fully saturated rings. The standard InChI is InChI=1S/C9H8ClF2NO3/c1-16-9-5(8(11)12)2-4(3-6(14)15)7(10)13-9/h2,8H,3H2,1H3,(H,14,15). The van der Waals surface area contributed by atoms with Crippen LogP contribution in [-0.2, 0) is 11.2 Å². The van der Waals surface area contributed by atoms with Crippen LogP contribution in [0.5, 0.6) is 5.88 Å². The van der Waals surface area contributed by atoms with Crippen molar-refractivity contribution in [2.24, 2.45) is 0 Å². The van der Waals surface area contributed by atoms with Gasteiger partial charge < -0.3 is 9.84 Å². The summed E-state index contributed by atoms with van der Waals surface area (Å²) in [5.74, 6) is -1.47. The van der Waals surface area contributed by atoms with E-state index in [1.807, 2.05) is 0 Å². The third-order valence-electron chi connectivity index (χ3n) is 1.81. The minimum absolute atomic E-state index is 0.0327. The first-order valence-corrected chi connectivity index (χ1v) is 4.56. The third-order valence-corrected chi connectivity index (χ3v) is 2.14. The van der Waals surface area contributed by atoms with Crippen molar-refractivity contribution in [1.82, 2.24) is 4.98 Å². The maximum absolute atomic E-state index is 12.6. The Morgan fingerprint density at radius 2 is 2.31 bits per heavy atom. The van der Waals surface area contributed by atoms with Crippen molar-refractivity contribution in [2.45, 2.75) is 12.8 Å². The summed E-state index contributed by atoms with van der Waals surface area (Å²) in [6.07, 6.45) is -3.26. The monoisotopic (exact) mass is 251 g/mol. The smallest absolute Gasteiger partial charge is 0.307 e. The van der Waals surface area contributed by atoms with Gasteiger partial charge in [-0.25, -0.2) is 13.8 Å². The van der Waals surface area contributed by atoms with Gasteiger partial charge in [0.05, 0.1) is 19.1 Å². The molecule has 0 aliphatic carbocycles. The number of halogens is 3. The molecule has 0 saturated heterocycles. The number of nitrogens with zero attached hydrogens (tertiary/aromatic N) is 1. The molecule has 16 heavy (non-hydrogen) atoms. The molecule has 0 amide bonds. The average molecular weight is 252 g/mol. The van der Waals surface area contributed by atoms with E-state index in [0.717, 1.165) is 6.07 Å². The largest absolute Gasteiger partial charge is 0.481 e. The van der Waals surface area contributed by atoms with E-state index in [-0.39, 0.29) is 16.6 Å². The predicted molar refractivity (Wildman–Crippen MR) is 52.1 cm³/mol. The number of rotatable bonds is 4. The molecule has 1 N–H and O–H groups in total. The second-order valence-electron chi connectivity index (χ2n) is 2.91. The number of hydrogen-bond donors (Lipinski definition) is 1. The highest BCUT2D eigenvalue weighted by atomic mass is 35.5. The summed E-state index contributed by atoms with van der Waals surface area (Å²) in [5, 5.41) is 8.39. The Morgan fingerprint density at radius 1 is 1.69 bits per heavy atom. The normalized spacial score (nSPS) is 10.6. The first-order valence-electron chi connectivity index (χ1n) is 4.19. The Kier molecular flexibility index (Phi) is 4.00. The minimum Gasteiger partial charge on any atom is -0.481 e. The fourth-order valence-corrected chi connectivity index (χ4v) is 1.34. The van der Waals surface area contributed by atoms with Crippen LogP contribution in [0.3, 0.4) is 0 Å². The second-order valence-corrected chi connectivity index (χ2v) is 3.27. The molecule has 0 aliphatic heterocycles. The molecule has 0 spiro atoms.